The Balaban J connectivity index is 1.51. The zero-order chi connectivity index (χ0) is 27.2. The van der Waals surface area contributed by atoms with Crippen LogP contribution in [0.5, 0.6) is 0 Å². The summed E-state index contributed by atoms with van der Waals surface area (Å²) in [6.45, 7) is 12.2. The summed E-state index contributed by atoms with van der Waals surface area (Å²) in [4.78, 5) is 30.3. The van der Waals surface area contributed by atoms with Crippen LogP contribution in [0.2, 0.25) is 0 Å². The highest BCUT2D eigenvalue weighted by atomic mass is 16.1. The SMILES string of the molecule is CCc1ccc(CN2CC[C@@H](Nc3nc(Nc4cc(C(N)=O)ccc4C)nc(N(C)CC(C)C)n3)C2)cc1. The monoisotopic (exact) mass is 516 g/mol. The largest absolute Gasteiger partial charge is 0.366 e. The van der Waals surface area contributed by atoms with Gasteiger partial charge in [-0.05, 0) is 54.5 Å². The van der Waals surface area contributed by atoms with Crippen molar-refractivity contribution < 1.29 is 4.79 Å². The second-order valence-corrected chi connectivity index (χ2v) is 10.6. The standard InChI is InChI=1S/C29H40N8O/c1-6-21-8-10-22(11-9-21)17-37-14-13-24(18-37)31-27-33-28(35-29(34-27)36(5)16-19(2)3)32-25-15-23(26(30)38)12-7-20(25)4/h7-12,15,19,24H,6,13-14,16-18H2,1-5H3,(H2,30,38)(H2,31,32,33,34,35)/t24-/m1/s1. The Morgan fingerprint density at radius 2 is 1.82 bits per heavy atom. The Bertz CT molecular complexity index is 1240. The highest BCUT2D eigenvalue weighted by Gasteiger charge is 2.24. The number of carbonyl (C=O) groups excluding carboxylic acids is 1. The Morgan fingerprint density at radius 1 is 1.11 bits per heavy atom. The minimum absolute atomic E-state index is 0.239. The molecule has 1 aromatic heterocycles. The minimum atomic E-state index is -0.476. The van der Waals surface area contributed by atoms with Gasteiger partial charge in [-0.15, -0.1) is 0 Å². The molecular weight excluding hydrogens is 476 g/mol. The number of benzene rings is 2. The fourth-order valence-electron chi connectivity index (χ4n) is 4.73. The number of rotatable bonds is 11. The van der Waals surface area contributed by atoms with E-state index >= 15 is 0 Å². The minimum Gasteiger partial charge on any atom is -0.366 e. The van der Waals surface area contributed by atoms with Gasteiger partial charge < -0.3 is 21.3 Å². The molecule has 38 heavy (non-hydrogen) atoms. The summed E-state index contributed by atoms with van der Waals surface area (Å²) in [6, 6.07) is 14.4. The molecule has 0 saturated carbocycles. The van der Waals surface area contributed by atoms with E-state index in [1.54, 1.807) is 12.1 Å². The third-order valence-corrected chi connectivity index (χ3v) is 6.82. The summed E-state index contributed by atoms with van der Waals surface area (Å²) in [5, 5.41) is 6.83. The molecule has 1 fully saturated rings. The van der Waals surface area contributed by atoms with Crippen molar-refractivity contribution in [2.24, 2.45) is 11.7 Å². The lowest BCUT2D eigenvalue weighted by atomic mass is 10.1. The number of hydrogen-bond acceptors (Lipinski definition) is 8. The summed E-state index contributed by atoms with van der Waals surface area (Å²) in [7, 11) is 1.99. The van der Waals surface area contributed by atoms with Crippen LogP contribution in [-0.2, 0) is 13.0 Å². The first-order valence-corrected chi connectivity index (χ1v) is 13.4. The maximum atomic E-state index is 11.7. The van der Waals surface area contributed by atoms with Crippen molar-refractivity contribution in [2.75, 3.05) is 42.2 Å². The predicted octanol–water partition coefficient (Wildman–Crippen LogP) is 4.36. The van der Waals surface area contributed by atoms with Gasteiger partial charge in [0.25, 0.3) is 0 Å². The molecule has 0 unspecified atom stereocenters. The number of nitrogens with two attached hydrogens (primary N) is 1. The van der Waals surface area contributed by atoms with Gasteiger partial charge in [0.1, 0.15) is 0 Å². The summed E-state index contributed by atoms with van der Waals surface area (Å²) >= 11 is 0. The number of aryl methyl sites for hydroxylation is 2. The molecule has 4 N–H and O–H groups in total. The number of primary amides is 1. The molecule has 3 aromatic rings. The second kappa shape index (κ2) is 12.2. The molecule has 0 bridgehead atoms. The molecule has 9 nitrogen and oxygen atoms in total. The van der Waals surface area contributed by atoms with Crippen LogP contribution in [0, 0.1) is 12.8 Å². The lowest BCUT2D eigenvalue weighted by molar-refractivity contribution is 0.100. The van der Waals surface area contributed by atoms with Gasteiger partial charge in [0.15, 0.2) is 0 Å². The number of carbonyl (C=O) groups is 1. The molecule has 1 aliphatic rings. The number of anilines is 4. The van der Waals surface area contributed by atoms with Gasteiger partial charge in [-0.25, -0.2) is 0 Å². The fraction of sp³-hybridized carbons (Fsp3) is 0.448. The van der Waals surface area contributed by atoms with Crippen LogP contribution in [0.25, 0.3) is 0 Å². The number of nitrogens with zero attached hydrogens (tertiary/aromatic N) is 5. The van der Waals surface area contributed by atoms with Crippen LogP contribution in [-0.4, -0.2) is 58.5 Å². The number of amides is 1. The van der Waals surface area contributed by atoms with Crippen LogP contribution in [0.3, 0.4) is 0 Å². The van der Waals surface area contributed by atoms with E-state index in [9.17, 15) is 4.79 Å². The normalized spacial score (nSPS) is 15.6. The fourth-order valence-corrected chi connectivity index (χ4v) is 4.73. The van der Waals surface area contributed by atoms with Crippen molar-refractivity contribution in [1.82, 2.24) is 19.9 Å². The van der Waals surface area contributed by atoms with Gasteiger partial charge in [-0.3, -0.25) is 9.69 Å². The Hall–Kier alpha value is -3.72. The van der Waals surface area contributed by atoms with E-state index in [2.05, 4.69) is 65.6 Å². The van der Waals surface area contributed by atoms with Crippen molar-refractivity contribution in [3.63, 3.8) is 0 Å². The van der Waals surface area contributed by atoms with Crippen molar-refractivity contribution in [2.45, 2.75) is 53.1 Å². The van der Waals surface area contributed by atoms with E-state index in [-0.39, 0.29) is 6.04 Å². The molecule has 0 spiro atoms. The van der Waals surface area contributed by atoms with Crippen molar-refractivity contribution in [3.8, 4) is 0 Å². The highest BCUT2D eigenvalue weighted by molar-refractivity contribution is 5.94. The summed E-state index contributed by atoms with van der Waals surface area (Å²) in [6.07, 6.45) is 2.07. The molecule has 1 amide bonds. The molecule has 4 rings (SSSR count). The van der Waals surface area contributed by atoms with Gasteiger partial charge in [0, 0.05) is 50.5 Å². The van der Waals surface area contributed by atoms with Crippen LogP contribution < -0.4 is 21.3 Å². The molecule has 1 aliphatic heterocycles. The molecule has 9 heteroatoms. The first-order chi connectivity index (χ1) is 18.2. The van der Waals surface area contributed by atoms with E-state index in [4.69, 9.17) is 15.7 Å². The number of hydrogen-bond donors (Lipinski definition) is 3. The van der Waals surface area contributed by atoms with Crippen LogP contribution in [0.15, 0.2) is 42.5 Å². The summed E-state index contributed by atoms with van der Waals surface area (Å²) < 4.78 is 0. The first-order valence-electron chi connectivity index (χ1n) is 13.4. The number of aromatic nitrogens is 3. The van der Waals surface area contributed by atoms with Crippen LogP contribution in [0.1, 0.15) is 54.2 Å². The van der Waals surface area contributed by atoms with E-state index < -0.39 is 5.91 Å². The Kier molecular flexibility index (Phi) is 8.78. The first kappa shape index (κ1) is 27.3. The van der Waals surface area contributed by atoms with Gasteiger partial charge in [-0.2, -0.15) is 15.0 Å². The Morgan fingerprint density at radius 3 is 2.50 bits per heavy atom. The van der Waals surface area contributed by atoms with Gasteiger partial charge >= 0.3 is 0 Å². The zero-order valence-electron chi connectivity index (χ0n) is 23.2. The third kappa shape index (κ3) is 7.19. The quantitative estimate of drug-likeness (QED) is 0.345. The maximum absolute atomic E-state index is 11.7. The molecule has 0 radical (unpaired) electrons. The molecular formula is C29H40N8O. The molecule has 0 aliphatic carbocycles. The van der Waals surface area contributed by atoms with Crippen LogP contribution >= 0.6 is 0 Å². The topological polar surface area (TPSA) is 112 Å². The summed E-state index contributed by atoms with van der Waals surface area (Å²) in [5.41, 5.74) is 10.3. The van der Waals surface area contributed by atoms with E-state index in [1.807, 2.05) is 24.9 Å². The molecule has 202 valence electrons. The van der Waals surface area contributed by atoms with E-state index in [1.165, 1.54) is 11.1 Å². The van der Waals surface area contributed by atoms with Gasteiger partial charge in [-0.1, -0.05) is 51.1 Å². The van der Waals surface area contributed by atoms with Gasteiger partial charge in [0.2, 0.25) is 23.8 Å². The molecule has 1 saturated heterocycles. The van der Waals surface area contributed by atoms with Gasteiger partial charge in [0.05, 0.1) is 0 Å². The molecule has 2 aromatic carbocycles. The lowest BCUT2D eigenvalue weighted by Gasteiger charge is -2.22. The maximum Gasteiger partial charge on any atom is 0.248 e. The smallest absolute Gasteiger partial charge is 0.248 e. The van der Waals surface area contributed by atoms with Crippen molar-refractivity contribution >= 4 is 29.4 Å². The van der Waals surface area contributed by atoms with Crippen molar-refractivity contribution in [3.05, 3.63) is 64.7 Å². The average Bonchev–Trinajstić information content (AvgIpc) is 3.31. The highest BCUT2D eigenvalue weighted by Crippen LogP contribution is 2.24. The Labute approximate surface area is 225 Å². The third-order valence-electron chi connectivity index (χ3n) is 6.82. The second-order valence-electron chi connectivity index (χ2n) is 10.6. The number of nitrogens with one attached hydrogen (secondary N) is 2. The lowest BCUT2D eigenvalue weighted by Crippen LogP contribution is -2.28. The van der Waals surface area contributed by atoms with Crippen LogP contribution in [0.4, 0.5) is 23.5 Å². The average molecular weight is 517 g/mol. The summed E-state index contributed by atoms with van der Waals surface area (Å²) in [5.74, 6) is 1.53. The van der Waals surface area contributed by atoms with Crippen molar-refractivity contribution in [1.29, 1.82) is 0 Å². The molecule has 1 atom stereocenters. The molecule has 2 heterocycles. The predicted molar refractivity (Wildman–Crippen MR) is 154 cm³/mol. The number of likely N-dealkylation sites (tertiary alicyclic amines) is 1. The zero-order valence-corrected chi connectivity index (χ0v) is 23.2. The van der Waals surface area contributed by atoms with E-state index in [0.717, 1.165) is 50.3 Å². The van der Waals surface area contributed by atoms with E-state index in [0.29, 0.717) is 29.3 Å².